The monoisotopic (exact) mass is 420 g/mol. The second kappa shape index (κ2) is 9.32. The second-order valence-electron chi connectivity index (χ2n) is 5.93. The largest absolute Gasteiger partial charge is 0.456 e. The van der Waals surface area contributed by atoms with Gasteiger partial charge < -0.3 is 4.74 Å². The van der Waals surface area contributed by atoms with Gasteiger partial charge in [-0.2, -0.15) is 10.4 Å². The molecule has 0 fully saturated rings. The fraction of sp³-hybridized carbons (Fsp3) is 0. The number of nitrogens with zero attached hydrogens (tertiary/aromatic N) is 3. The lowest BCUT2D eigenvalue weighted by atomic mass is 10.2. The van der Waals surface area contributed by atoms with Crippen molar-refractivity contribution >= 4 is 29.4 Å². The van der Waals surface area contributed by atoms with Crippen LogP contribution in [0, 0.1) is 21.4 Å². The molecule has 3 rings (SSSR count). The summed E-state index contributed by atoms with van der Waals surface area (Å²) in [5.74, 6) is 0.169. The molecule has 0 atom stereocenters. The number of rotatable bonds is 6. The molecule has 30 heavy (non-hydrogen) atoms. The molecule has 0 saturated heterocycles. The highest BCUT2D eigenvalue weighted by Crippen LogP contribution is 2.28. The lowest BCUT2D eigenvalue weighted by molar-refractivity contribution is -0.384. The molecule has 0 unspecified atom stereocenters. The van der Waals surface area contributed by atoms with Gasteiger partial charge in [0.15, 0.2) is 0 Å². The molecule has 0 spiro atoms. The molecule has 0 saturated carbocycles. The molecule has 3 aromatic carbocycles. The summed E-state index contributed by atoms with van der Waals surface area (Å²) in [7, 11) is 0. The van der Waals surface area contributed by atoms with E-state index < -0.39 is 10.8 Å². The van der Waals surface area contributed by atoms with E-state index in [-0.39, 0.29) is 17.0 Å². The number of amides is 1. The van der Waals surface area contributed by atoms with E-state index in [4.69, 9.17) is 16.3 Å². The number of hydrogen-bond donors (Lipinski definition) is 1. The minimum Gasteiger partial charge on any atom is -0.456 e. The van der Waals surface area contributed by atoms with Crippen LogP contribution in [0.15, 0.2) is 71.8 Å². The van der Waals surface area contributed by atoms with E-state index in [0.717, 1.165) is 6.07 Å². The van der Waals surface area contributed by atoms with Crippen molar-refractivity contribution in [3.8, 4) is 17.6 Å². The third-order valence-corrected chi connectivity index (χ3v) is 4.08. The summed E-state index contributed by atoms with van der Waals surface area (Å²) in [6, 6.07) is 18.8. The SMILES string of the molecule is N#Cc1cc([N+](=O)[O-])ccc1Oc1cccc(/C=N\NC(=O)c2cccc(Cl)c2)c1. The van der Waals surface area contributed by atoms with Crippen LogP contribution in [0.25, 0.3) is 0 Å². The number of ether oxygens (including phenoxy) is 1. The van der Waals surface area contributed by atoms with Crippen LogP contribution in [0.3, 0.4) is 0 Å². The van der Waals surface area contributed by atoms with E-state index in [1.165, 1.54) is 24.4 Å². The molecule has 0 bridgehead atoms. The van der Waals surface area contributed by atoms with Gasteiger partial charge in [0.05, 0.1) is 11.1 Å². The first kappa shape index (κ1) is 20.5. The van der Waals surface area contributed by atoms with Crippen molar-refractivity contribution in [3.05, 3.63) is 98.6 Å². The Morgan fingerprint density at radius 2 is 1.97 bits per heavy atom. The van der Waals surface area contributed by atoms with E-state index in [9.17, 15) is 20.2 Å². The van der Waals surface area contributed by atoms with Gasteiger partial charge in [0.1, 0.15) is 23.1 Å². The number of halogens is 1. The highest BCUT2D eigenvalue weighted by Gasteiger charge is 2.12. The van der Waals surface area contributed by atoms with Crippen molar-refractivity contribution in [1.29, 1.82) is 5.26 Å². The topological polar surface area (TPSA) is 118 Å². The Kier molecular flexibility index (Phi) is 6.37. The minimum atomic E-state index is -0.584. The molecule has 0 heterocycles. The van der Waals surface area contributed by atoms with Gasteiger partial charge in [-0.05, 0) is 42.0 Å². The van der Waals surface area contributed by atoms with Gasteiger partial charge in [-0.15, -0.1) is 0 Å². The summed E-state index contributed by atoms with van der Waals surface area (Å²) in [4.78, 5) is 22.3. The first-order valence-corrected chi connectivity index (χ1v) is 8.89. The highest BCUT2D eigenvalue weighted by molar-refractivity contribution is 6.30. The van der Waals surface area contributed by atoms with Crippen molar-refractivity contribution in [2.75, 3.05) is 0 Å². The number of nitriles is 1. The van der Waals surface area contributed by atoms with Gasteiger partial charge in [0.25, 0.3) is 11.6 Å². The van der Waals surface area contributed by atoms with Gasteiger partial charge in [0, 0.05) is 22.7 Å². The second-order valence-corrected chi connectivity index (χ2v) is 6.37. The molecule has 0 aromatic heterocycles. The number of non-ortho nitro benzene ring substituents is 1. The standard InChI is InChI=1S/C21H13ClN4O4/c22-17-5-2-4-15(10-17)21(27)25-24-13-14-3-1-6-19(9-14)30-20-8-7-18(26(28)29)11-16(20)12-23/h1-11,13H,(H,25,27)/b24-13-. The Labute approximate surface area is 176 Å². The Morgan fingerprint density at radius 1 is 1.17 bits per heavy atom. The van der Waals surface area contributed by atoms with Crippen LogP contribution in [0.4, 0.5) is 5.69 Å². The summed E-state index contributed by atoms with van der Waals surface area (Å²) < 4.78 is 5.68. The maximum Gasteiger partial charge on any atom is 0.271 e. The van der Waals surface area contributed by atoms with Crippen LogP contribution in [0.1, 0.15) is 21.5 Å². The fourth-order valence-corrected chi connectivity index (χ4v) is 2.64. The molecular weight excluding hydrogens is 408 g/mol. The number of benzene rings is 3. The molecule has 1 N–H and O–H groups in total. The fourth-order valence-electron chi connectivity index (χ4n) is 2.45. The van der Waals surface area contributed by atoms with Crippen LogP contribution in [-0.2, 0) is 0 Å². The van der Waals surface area contributed by atoms with Crippen LogP contribution in [-0.4, -0.2) is 17.0 Å². The average Bonchev–Trinajstić information content (AvgIpc) is 2.74. The average molecular weight is 421 g/mol. The summed E-state index contributed by atoms with van der Waals surface area (Å²) in [6.07, 6.45) is 1.43. The predicted octanol–water partition coefficient (Wildman–Crippen LogP) is 4.68. The van der Waals surface area contributed by atoms with E-state index in [1.807, 2.05) is 6.07 Å². The predicted molar refractivity (Wildman–Crippen MR) is 111 cm³/mol. The van der Waals surface area contributed by atoms with Crippen molar-refractivity contribution < 1.29 is 14.5 Å². The first-order chi connectivity index (χ1) is 14.5. The quantitative estimate of drug-likeness (QED) is 0.353. The zero-order chi connectivity index (χ0) is 21.5. The van der Waals surface area contributed by atoms with Gasteiger partial charge >= 0.3 is 0 Å². The van der Waals surface area contributed by atoms with E-state index in [2.05, 4.69) is 10.5 Å². The Hall–Kier alpha value is -4.22. The van der Waals surface area contributed by atoms with E-state index >= 15 is 0 Å². The Morgan fingerprint density at radius 3 is 2.70 bits per heavy atom. The number of nitro groups is 1. The smallest absolute Gasteiger partial charge is 0.271 e. The van der Waals surface area contributed by atoms with Crippen LogP contribution < -0.4 is 10.2 Å². The van der Waals surface area contributed by atoms with E-state index in [0.29, 0.717) is 21.9 Å². The number of nitro benzene ring substituents is 1. The van der Waals surface area contributed by atoms with Crippen molar-refractivity contribution in [1.82, 2.24) is 5.43 Å². The van der Waals surface area contributed by atoms with Gasteiger partial charge in [-0.3, -0.25) is 14.9 Å². The van der Waals surface area contributed by atoms with Crippen molar-refractivity contribution in [2.45, 2.75) is 0 Å². The molecule has 148 valence electrons. The lowest BCUT2D eigenvalue weighted by Crippen LogP contribution is -2.17. The Bertz CT molecular complexity index is 1190. The third kappa shape index (κ3) is 5.19. The molecule has 0 aliphatic heterocycles. The summed E-state index contributed by atoms with van der Waals surface area (Å²) >= 11 is 5.86. The molecule has 3 aromatic rings. The highest BCUT2D eigenvalue weighted by atomic mass is 35.5. The maximum atomic E-state index is 12.1. The van der Waals surface area contributed by atoms with Crippen LogP contribution in [0.5, 0.6) is 11.5 Å². The molecule has 8 nitrogen and oxygen atoms in total. The minimum absolute atomic E-state index is 0.0389. The Balaban J connectivity index is 1.71. The number of hydrazone groups is 1. The zero-order valence-corrected chi connectivity index (χ0v) is 16.0. The summed E-state index contributed by atoms with van der Waals surface area (Å²) in [5.41, 5.74) is 3.24. The molecule has 0 aliphatic carbocycles. The summed E-state index contributed by atoms with van der Waals surface area (Å²) in [6.45, 7) is 0. The lowest BCUT2D eigenvalue weighted by Gasteiger charge is -2.08. The van der Waals surface area contributed by atoms with Gasteiger partial charge in [-0.25, -0.2) is 5.43 Å². The number of hydrogen-bond acceptors (Lipinski definition) is 6. The zero-order valence-electron chi connectivity index (χ0n) is 15.3. The van der Waals surface area contributed by atoms with Crippen molar-refractivity contribution in [2.24, 2.45) is 5.10 Å². The molecule has 1 amide bonds. The van der Waals surface area contributed by atoms with E-state index in [1.54, 1.807) is 42.5 Å². The van der Waals surface area contributed by atoms with Gasteiger partial charge in [0.2, 0.25) is 0 Å². The number of carbonyl (C=O) groups excluding carboxylic acids is 1. The first-order valence-electron chi connectivity index (χ1n) is 8.51. The molecule has 0 aliphatic rings. The number of carbonyl (C=O) groups is 1. The molecule has 9 heteroatoms. The van der Waals surface area contributed by atoms with Crippen LogP contribution in [0.2, 0.25) is 5.02 Å². The number of nitrogens with one attached hydrogen (secondary N) is 1. The molecular formula is C21H13ClN4O4. The third-order valence-electron chi connectivity index (χ3n) is 3.85. The van der Waals surface area contributed by atoms with Gasteiger partial charge in [-0.1, -0.05) is 29.8 Å². The van der Waals surface area contributed by atoms with Crippen molar-refractivity contribution in [3.63, 3.8) is 0 Å². The summed E-state index contributed by atoms with van der Waals surface area (Å²) in [5, 5.41) is 24.4. The maximum absolute atomic E-state index is 12.1. The van der Waals surface area contributed by atoms with Crippen LogP contribution >= 0.6 is 11.6 Å². The molecule has 0 radical (unpaired) electrons. The normalized spacial score (nSPS) is 10.4.